The van der Waals surface area contributed by atoms with Crippen molar-refractivity contribution in [2.24, 2.45) is 0 Å². The third-order valence-corrected chi connectivity index (χ3v) is 10.1. The molecule has 13 heteroatoms. The van der Waals surface area contributed by atoms with Gasteiger partial charge in [-0.1, -0.05) is 67.2 Å². The first-order chi connectivity index (χ1) is 20.0. The average Bonchev–Trinajstić information content (AvgIpc) is 2.97. The Morgan fingerprint density at radius 1 is 1.05 bits per heavy atom. The fourth-order valence-corrected chi connectivity index (χ4v) is 7.90. The second kappa shape index (κ2) is 13.0. The normalized spacial score (nSPS) is 17.1. The van der Waals surface area contributed by atoms with Crippen LogP contribution in [0.2, 0.25) is 0 Å². The number of benzene rings is 3. The molecule has 0 spiro atoms. The fraction of sp³-hybridized carbons (Fsp3) is 0.207. The van der Waals surface area contributed by atoms with Crippen LogP contribution in [0.4, 0.5) is 5.69 Å². The number of para-hydroxylation sites is 1. The Labute approximate surface area is 246 Å². The zero-order chi connectivity index (χ0) is 30.4. The van der Waals surface area contributed by atoms with Crippen molar-refractivity contribution in [3.8, 4) is 0 Å². The Hall–Kier alpha value is -4.49. The number of nitrogens with one attached hydrogen (secondary N) is 1. The molecule has 0 radical (unpaired) electrons. The first kappa shape index (κ1) is 30.5. The minimum Gasteiger partial charge on any atom is -0.459 e. The topological polar surface area (TPSA) is 153 Å². The van der Waals surface area contributed by atoms with E-state index in [1.165, 1.54) is 37.3 Å². The number of nitro groups is 1. The quantitative estimate of drug-likeness (QED) is 0.0810. The van der Waals surface area contributed by atoms with Gasteiger partial charge < -0.3 is 15.0 Å². The number of hydrogen-bond donors (Lipinski definition) is 1. The van der Waals surface area contributed by atoms with Crippen molar-refractivity contribution >= 4 is 43.1 Å². The van der Waals surface area contributed by atoms with E-state index in [1.54, 1.807) is 54.6 Å². The van der Waals surface area contributed by atoms with Gasteiger partial charge in [-0.2, -0.15) is 0 Å². The van der Waals surface area contributed by atoms with Crippen LogP contribution in [0, 0.1) is 10.1 Å². The van der Waals surface area contributed by atoms with Crippen molar-refractivity contribution in [3.63, 3.8) is 0 Å². The van der Waals surface area contributed by atoms with Crippen molar-refractivity contribution in [2.75, 3.05) is 0 Å². The highest BCUT2D eigenvalue weighted by Crippen LogP contribution is 2.40. The number of carbonyl (C=O) groups excluding carboxylic acids is 3. The largest absolute Gasteiger partial charge is 0.459 e. The van der Waals surface area contributed by atoms with E-state index in [-0.39, 0.29) is 28.1 Å². The van der Waals surface area contributed by atoms with Crippen LogP contribution >= 0.6 is 10.8 Å². The van der Waals surface area contributed by atoms with Crippen molar-refractivity contribution in [3.05, 3.63) is 118 Å². The summed E-state index contributed by atoms with van der Waals surface area (Å²) >= 11 is 0. The summed E-state index contributed by atoms with van der Waals surface area (Å²) in [6, 6.07) is 19.4. The lowest BCUT2D eigenvalue weighted by molar-refractivity contribution is -0.385. The molecular weight excluding hydrogens is 582 g/mol. The Morgan fingerprint density at radius 3 is 2.26 bits per heavy atom. The highest BCUT2D eigenvalue weighted by atomic mass is 33.1. The molecule has 0 saturated carbocycles. The van der Waals surface area contributed by atoms with Gasteiger partial charge in [0.1, 0.15) is 18.0 Å². The molecule has 1 N–H and O–H groups in total. The van der Waals surface area contributed by atoms with Crippen molar-refractivity contribution in [1.29, 1.82) is 0 Å². The van der Waals surface area contributed by atoms with Crippen LogP contribution in [0.15, 0.2) is 102 Å². The molecule has 3 aromatic rings. The second-order valence-corrected chi connectivity index (χ2v) is 13.4. The van der Waals surface area contributed by atoms with Crippen LogP contribution < -0.4 is 5.32 Å². The monoisotopic (exact) mass is 609 g/mol. The van der Waals surface area contributed by atoms with Gasteiger partial charge in [-0.05, 0) is 36.3 Å². The lowest BCUT2D eigenvalue weighted by Crippen LogP contribution is -2.73. The van der Waals surface area contributed by atoms with Gasteiger partial charge in [0.2, 0.25) is 20.7 Å². The molecule has 3 aromatic carbocycles. The van der Waals surface area contributed by atoms with Gasteiger partial charge in [0.15, 0.2) is 6.04 Å². The van der Waals surface area contributed by atoms with Crippen LogP contribution in [0.1, 0.15) is 18.1 Å². The molecule has 0 bridgehead atoms. The molecule has 11 nitrogen and oxygen atoms in total. The maximum absolute atomic E-state index is 13.4. The fourth-order valence-electron chi connectivity index (χ4n) is 4.36. The molecule has 0 aliphatic carbocycles. The standard InChI is InChI=1S/C29H27N3O8S2/c1-19(2)26(29(35)40-18-21-13-9-10-16-23(21)32(36)37)31-27(34)25(30-24(33)17-20-11-5-3-6-12-20)28(31)41-42(38,39)22-14-7-4-8-15-22/h3-16,25-26,28H,1,17-18H2,2H3,(H,30,33). The molecule has 4 rings (SSSR count). The summed E-state index contributed by atoms with van der Waals surface area (Å²) in [6.07, 6.45) is -0.0464. The molecule has 218 valence electrons. The first-order valence-corrected chi connectivity index (χ1v) is 15.6. The van der Waals surface area contributed by atoms with Crippen LogP contribution in [0.3, 0.4) is 0 Å². The number of nitro benzene ring substituents is 1. The maximum Gasteiger partial charge on any atom is 0.333 e. The van der Waals surface area contributed by atoms with Crippen LogP contribution in [-0.4, -0.2) is 53.5 Å². The first-order valence-electron chi connectivity index (χ1n) is 12.7. The Balaban J connectivity index is 1.59. The number of rotatable bonds is 12. The highest BCUT2D eigenvalue weighted by Gasteiger charge is 2.55. The summed E-state index contributed by atoms with van der Waals surface area (Å²) in [5.74, 6) is -2.16. The summed E-state index contributed by atoms with van der Waals surface area (Å²) in [7, 11) is -3.63. The lowest BCUT2D eigenvalue weighted by atomic mass is 9.99. The summed E-state index contributed by atoms with van der Waals surface area (Å²) in [4.78, 5) is 51.3. The summed E-state index contributed by atoms with van der Waals surface area (Å²) in [5, 5.41) is 12.8. The molecule has 1 aliphatic heterocycles. The number of β-lactam (4-membered cyclic amide) rings is 1. The predicted octanol–water partition coefficient (Wildman–Crippen LogP) is 3.60. The summed E-state index contributed by atoms with van der Waals surface area (Å²) < 4.78 is 32.0. The van der Waals surface area contributed by atoms with E-state index in [0.29, 0.717) is 16.4 Å². The molecule has 2 amide bonds. The van der Waals surface area contributed by atoms with Crippen LogP contribution in [0.25, 0.3) is 0 Å². The van der Waals surface area contributed by atoms with Crippen molar-refractivity contribution in [1.82, 2.24) is 10.2 Å². The zero-order valence-corrected chi connectivity index (χ0v) is 24.0. The van der Waals surface area contributed by atoms with E-state index < -0.39 is 55.6 Å². The molecule has 3 atom stereocenters. The Bertz CT molecular complexity index is 1610. The number of likely N-dealkylation sites (tertiary alicyclic amines) is 1. The van der Waals surface area contributed by atoms with E-state index in [2.05, 4.69) is 11.9 Å². The van der Waals surface area contributed by atoms with Gasteiger partial charge in [0, 0.05) is 16.9 Å². The third-order valence-electron chi connectivity index (χ3n) is 6.39. The number of esters is 1. The van der Waals surface area contributed by atoms with E-state index >= 15 is 0 Å². The SMILES string of the molecule is C=C(C)C(C(=O)OCc1ccccc1[N+](=O)[O-])N1C(=O)C(NC(=O)Cc2ccccc2)C1SS(=O)(=O)c1ccccc1. The summed E-state index contributed by atoms with van der Waals surface area (Å²) in [5.41, 5.74) is 0.751. The van der Waals surface area contributed by atoms with Gasteiger partial charge in [-0.25, -0.2) is 13.2 Å². The third kappa shape index (κ3) is 6.86. The second-order valence-electron chi connectivity index (χ2n) is 9.45. The lowest BCUT2D eigenvalue weighted by Gasteiger charge is -2.49. The minimum absolute atomic E-state index is 0.0190. The number of nitrogens with zero attached hydrogens (tertiary/aromatic N) is 2. The molecule has 1 saturated heterocycles. The number of amides is 2. The molecule has 42 heavy (non-hydrogen) atoms. The van der Waals surface area contributed by atoms with Gasteiger partial charge >= 0.3 is 5.97 Å². The molecule has 1 fully saturated rings. The van der Waals surface area contributed by atoms with E-state index in [9.17, 15) is 32.9 Å². The molecular formula is C29H27N3O8S2. The van der Waals surface area contributed by atoms with Crippen LogP contribution in [-0.2, 0) is 41.0 Å². The maximum atomic E-state index is 13.4. The predicted molar refractivity (Wildman–Crippen MR) is 155 cm³/mol. The van der Waals surface area contributed by atoms with Gasteiger partial charge in [0.05, 0.1) is 21.8 Å². The highest BCUT2D eigenvalue weighted by molar-refractivity contribution is 8.72. The molecule has 0 aromatic heterocycles. The number of hydrogen-bond acceptors (Lipinski definition) is 9. The van der Waals surface area contributed by atoms with Crippen molar-refractivity contribution in [2.45, 2.75) is 42.3 Å². The van der Waals surface area contributed by atoms with Gasteiger partial charge in [-0.15, -0.1) is 0 Å². The zero-order valence-electron chi connectivity index (χ0n) is 22.4. The Morgan fingerprint density at radius 2 is 1.64 bits per heavy atom. The molecule has 1 aliphatic rings. The average molecular weight is 610 g/mol. The van der Waals surface area contributed by atoms with Gasteiger partial charge in [-0.3, -0.25) is 19.7 Å². The van der Waals surface area contributed by atoms with Gasteiger partial charge in [0.25, 0.3) is 5.69 Å². The number of ether oxygens (including phenoxy) is 1. The van der Waals surface area contributed by atoms with E-state index in [1.807, 2.05) is 0 Å². The van der Waals surface area contributed by atoms with Crippen molar-refractivity contribution < 1.29 is 32.5 Å². The summed E-state index contributed by atoms with van der Waals surface area (Å²) in [6.45, 7) is 4.81. The van der Waals surface area contributed by atoms with E-state index in [4.69, 9.17) is 4.74 Å². The Kier molecular flexibility index (Phi) is 9.43. The molecule has 3 unspecified atom stereocenters. The number of carbonyl (C=O) groups is 3. The smallest absolute Gasteiger partial charge is 0.333 e. The van der Waals surface area contributed by atoms with E-state index in [0.717, 1.165) is 4.90 Å². The minimum atomic E-state index is -4.04. The van der Waals surface area contributed by atoms with Crippen LogP contribution in [0.5, 0.6) is 0 Å². The molecule has 1 heterocycles.